The highest BCUT2D eigenvalue weighted by atomic mass is 16.5. The number of aldehydes is 1. The number of hydrogen-bond donors (Lipinski definition) is 0. The largest absolute Gasteiger partial charge is 0.465 e. The molecule has 3 heteroatoms. The summed E-state index contributed by atoms with van der Waals surface area (Å²) in [7, 11) is 1.26. The van der Waals surface area contributed by atoms with Gasteiger partial charge in [0.1, 0.15) is 6.29 Å². The van der Waals surface area contributed by atoms with Gasteiger partial charge in [-0.1, -0.05) is 19.2 Å². The number of hydrogen-bond acceptors (Lipinski definition) is 3. The molecule has 0 unspecified atom stereocenters. The Kier molecular flexibility index (Phi) is 4.38. The molecule has 0 radical (unpaired) electrons. The van der Waals surface area contributed by atoms with Crippen molar-refractivity contribution in [2.75, 3.05) is 7.11 Å². The molecule has 0 aliphatic carbocycles. The number of ether oxygens (including phenoxy) is 1. The lowest BCUT2D eigenvalue weighted by Gasteiger charge is -1.95. The molecule has 0 saturated carbocycles. The van der Waals surface area contributed by atoms with Crippen molar-refractivity contribution in [1.82, 2.24) is 0 Å². The van der Waals surface area contributed by atoms with E-state index in [1.54, 1.807) is 0 Å². The average molecular weight is 166 g/mol. The third kappa shape index (κ3) is 3.51. The van der Waals surface area contributed by atoms with Crippen molar-refractivity contribution < 1.29 is 14.3 Å². The molecule has 3 nitrogen and oxygen atoms in total. The summed E-state index contributed by atoms with van der Waals surface area (Å²) in [5.41, 5.74) is 0.459. The molecule has 0 fully saturated rings. The maximum Gasteiger partial charge on any atom is 0.337 e. The maximum atomic E-state index is 10.7. The van der Waals surface area contributed by atoms with Gasteiger partial charge >= 0.3 is 5.97 Å². The van der Waals surface area contributed by atoms with E-state index in [2.05, 4.69) is 17.9 Å². The molecule has 0 aromatic rings. The Labute approximate surface area is 71.0 Å². The fourth-order valence-electron chi connectivity index (χ4n) is 0.446. The number of rotatable bonds is 4. The van der Waals surface area contributed by atoms with Gasteiger partial charge in [0.2, 0.25) is 0 Å². The molecule has 0 saturated heterocycles. The standard InChI is InChI=1S/C9H10O3/c1-7(6-10)4-5-8(2)9(11)12-3/h4-6H,1-2H2,3H3. The lowest BCUT2D eigenvalue weighted by atomic mass is 10.2. The molecule has 0 bridgehead atoms. The van der Waals surface area contributed by atoms with E-state index < -0.39 is 5.97 Å². The molecule has 64 valence electrons. The summed E-state index contributed by atoms with van der Waals surface area (Å²) in [6.45, 7) is 6.80. The fourth-order valence-corrected chi connectivity index (χ4v) is 0.446. The van der Waals surface area contributed by atoms with E-state index in [1.807, 2.05) is 0 Å². The molecule has 0 spiro atoms. The van der Waals surface area contributed by atoms with E-state index in [-0.39, 0.29) is 11.1 Å². The zero-order valence-electron chi connectivity index (χ0n) is 6.87. The van der Waals surface area contributed by atoms with Crippen LogP contribution in [0.15, 0.2) is 36.5 Å². The van der Waals surface area contributed by atoms with Crippen molar-refractivity contribution in [1.29, 1.82) is 0 Å². The Hall–Kier alpha value is -1.64. The zero-order chi connectivity index (χ0) is 9.56. The van der Waals surface area contributed by atoms with Gasteiger partial charge < -0.3 is 4.74 Å². The number of esters is 1. The summed E-state index contributed by atoms with van der Waals surface area (Å²) >= 11 is 0. The molecular formula is C9H10O3. The first kappa shape index (κ1) is 10.4. The highest BCUT2D eigenvalue weighted by Crippen LogP contribution is 1.98. The van der Waals surface area contributed by atoms with Crippen LogP contribution in [0.3, 0.4) is 0 Å². The van der Waals surface area contributed by atoms with E-state index in [9.17, 15) is 9.59 Å². The van der Waals surface area contributed by atoms with Gasteiger partial charge in [-0.2, -0.15) is 0 Å². The number of allylic oxidation sites excluding steroid dienone is 2. The molecule has 12 heavy (non-hydrogen) atoms. The first-order valence-corrected chi connectivity index (χ1v) is 3.21. The Morgan fingerprint density at radius 3 is 2.33 bits per heavy atom. The van der Waals surface area contributed by atoms with Gasteiger partial charge in [0.15, 0.2) is 0 Å². The van der Waals surface area contributed by atoms with Crippen LogP contribution in [0.4, 0.5) is 0 Å². The lowest BCUT2D eigenvalue weighted by Crippen LogP contribution is -2.00. The van der Waals surface area contributed by atoms with Gasteiger partial charge in [0, 0.05) is 5.57 Å². The SMILES string of the molecule is C=C(C=O)C=CC(=C)C(=O)OC. The third-order valence-electron chi connectivity index (χ3n) is 1.10. The second-order valence-corrected chi connectivity index (χ2v) is 2.04. The second kappa shape index (κ2) is 5.07. The van der Waals surface area contributed by atoms with Crippen molar-refractivity contribution in [2.24, 2.45) is 0 Å². The van der Waals surface area contributed by atoms with E-state index in [4.69, 9.17) is 0 Å². The lowest BCUT2D eigenvalue weighted by molar-refractivity contribution is -0.135. The highest BCUT2D eigenvalue weighted by molar-refractivity contribution is 5.91. The summed E-state index contributed by atoms with van der Waals surface area (Å²) in [5.74, 6) is -0.523. The van der Waals surface area contributed by atoms with Gasteiger partial charge in [-0.3, -0.25) is 4.79 Å². The highest BCUT2D eigenvalue weighted by Gasteiger charge is 2.00. The van der Waals surface area contributed by atoms with E-state index in [1.165, 1.54) is 19.3 Å². The van der Waals surface area contributed by atoms with Crippen molar-refractivity contribution >= 4 is 12.3 Å². The van der Waals surface area contributed by atoms with Crippen LogP contribution in [0.1, 0.15) is 0 Å². The molecule has 0 aromatic carbocycles. The Balaban J connectivity index is 4.17. The summed E-state index contributed by atoms with van der Waals surface area (Å²) in [5, 5.41) is 0. The minimum Gasteiger partial charge on any atom is -0.465 e. The molecule has 0 heterocycles. The Bertz CT molecular complexity index is 248. The summed E-state index contributed by atoms with van der Waals surface area (Å²) in [6, 6.07) is 0. The first-order chi connectivity index (χ1) is 5.61. The van der Waals surface area contributed by atoms with Crippen LogP contribution in [-0.2, 0) is 14.3 Å². The molecule has 0 atom stereocenters. The normalized spacial score (nSPS) is 9.42. The van der Waals surface area contributed by atoms with E-state index in [0.717, 1.165) is 0 Å². The van der Waals surface area contributed by atoms with Crippen LogP contribution < -0.4 is 0 Å². The van der Waals surface area contributed by atoms with E-state index >= 15 is 0 Å². The minimum absolute atomic E-state index is 0.181. The number of methoxy groups -OCH3 is 1. The van der Waals surface area contributed by atoms with Crippen LogP contribution in [0.2, 0.25) is 0 Å². The van der Waals surface area contributed by atoms with Crippen molar-refractivity contribution in [3.05, 3.63) is 36.5 Å². The monoisotopic (exact) mass is 166 g/mol. The summed E-state index contributed by atoms with van der Waals surface area (Å²) in [6.07, 6.45) is 3.36. The molecule has 0 aromatic heterocycles. The first-order valence-electron chi connectivity index (χ1n) is 3.21. The smallest absolute Gasteiger partial charge is 0.337 e. The summed E-state index contributed by atoms with van der Waals surface area (Å²) < 4.78 is 4.37. The molecule has 0 rings (SSSR count). The summed E-state index contributed by atoms with van der Waals surface area (Å²) in [4.78, 5) is 20.8. The van der Waals surface area contributed by atoms with Crippen LogP contribution in [0.5, 0.6) is 0 Å². The molecule has 0 aliphatic rings. The zero-order valence-corrected chi connectivity index (χ0v) is 6.87. The maximum absolute atomic E-state index is 10.7. The number of carbonyl (C=O) groups is 2. The van der Waals surface area contributed by atoms with Crippen LogP contribution >= 0.6 is 0 Å². The minimum atomic E-state index is -0.523. The predicted molar refractivity (Wildman–Crippen MR) is 45.5 cm³/mol. The predicted octanol–water partition coefficient (Wildman–Crippen LogP) is 1.03. The van der Waals surface area contributed by atoms with E-state index in [0.29, 0.717) is 6.29 Å². The number of carbonyl (C=O) groups excluding carboxylic acids is 2. The Morgan fingerprint density at radius 1 is 1.33 bits per heavy atom. The fraction of sp³-hybridized carbons (Fsp3) is 0.111. The van der Waals surface area contributed by atoms with Gasteiger partial charge in [0.25, 0.3) is 0 Å². The van der Waals surface area contributed by atoms with Crippen LogP contribution in [0.25, 0.3) is 0 Å². The van der Waals surface area contributed by atoms with Crippen molar-refractivity contribution in [2.45, 2.75) is 0 Å². The average Bonchev–Trinajstić information content (AvgIpc) is 2.11. The quantitative estimate of drug-likeness (QED) is 0.271. The molecule has 0 amide bonds. The third-order valence-corrected chi connectivity index (χ3v) is 1.10. The van der Waals surface area contributed by atoms with Crippen molar-refractivity contribution in [3.8, 4) is 0 Å². The Morgan fingerprint density at radius 2 is 1.92 bits per heavy atom. The molecule has 0 aliphatic heterocycles. The van der Waals surface area contributed by atoms with Gasteiger partial charge in [-0.15, -0.1) is 0 Å². The van der Waals surface area contributed by atoms with Gasteiger partial charge in [0.05, 0.1) is 12.7 Å². The molecule has 0 N–H and O–H groups in total. The van der Waals surface area contributed by atoms with Crippen molar-refractivity contribution in [3.63, 3.8) is 0 Å². The van der Waals surface area contributed by atoms with Crippen LogP contribution in [-0.4, -0.2) is 19.4 Å². The molecular weight excluding hydrogens is 156 g/mol. The van der Waals surface area contributed by atoms with Gasteiger partial charge in [-0.05, 0) is 6.08 Å². The van der Waals surface area contributed by atoms with Gasteiger partial charge in [-0.25, -0.2) is 4.79 Å². The van der Waals surface area contributed by atoms with Crippen LogP contribution in [0, 0.1) is 0 Å². The topological polar surface area (TPSA) is 43.4 Å². The second-order valence-electron chi connectivity index (χ2n) is 2.04.